The van der Waals surface area contributed by atoms with Gasteiger partial charge in [0.1, 0.15) is 0 Å². The molecular formula is C27H26N4O. The predicted molar refractivity (Wildman–Crippen MR) is 129 cm³/mol. The number of amides is 1. The van der Waals surface area contributed by atoms with Gasteiger partial charge in [-0.15, -0.1) is 10.2 Å². The van der Waals surface area contributed by atoms with Crippen molar-refractivity contribution < 1.29 is 4.79 Å². The summed E-state index contributed by atoms with van der Waals surface area (Å²) in [6.45, 7) is 6.97. The summed E-state index contributed by atoms with van der Waals surface area (Å²) in [5.74, 6) is 0.957. The van der Waals surface area contributed by atoms with Crippen molar-refractivity contribution in [3.63, 3.8) is 0 Å². The van der Waals surface area contributed by atoms with Crippen molar-refractivity contribution in [1.29, 1.82) is 0 Å². The minimum absolute atomic E-state index is 0.102. The van der Waals surface area contributed by atoms with Gasteiger partial charge in [-0.2, -0.15) is 0 Å². The Bertz CT molecular complexity index is 1270. The van der Waals surface area contributed by atoms with E-state index in [4.69, 9.17) is 0 Å². The summed E-state index contributed by atoms with van der Waals surface area (Å²) in [6, 6.07) is 24.7. The highest BCUT2D eigenvalue weighted by atomic mass is 16.2. The Morgan fingerprint density at radius 3 is 2.25 bits per heavy atom. The third kappa shape index (κ3) is 3.94. The van der Waals surface area contributed by atoms with E-state index in [2.05, 4.69) is 52.4 Å². The Hall–Kier alpha value is -3.73. The molecule has 0 aliphatic carbocycles. The minimum atomic E-state index is 0.102. The van der Waals surface area contributed by atoms with Crippen molar-refractivity contribution in [2.75, 3.05) is 31.1 Å². The molecule has 1 amide bonds. The number of carbonyl (C=O) groups is 1. The van der Waals surface area contributed by atoms with Gasteiger partial charge in [-0.3, -0.25) is 4.79 Å². The number of aryl methyl sites for hydroxylation is 2. The monoisotopic (exact) mass is 422 g/mol. The number of benzene rings is 3. The second-order valence-corrected chi connectivity index (χ2v) is 8.42. The molecule has 2 heterocycles. The SMILES string of the molecule is Cc1ccc(C(=O)N2CCN(c3ccc(-c4ccc5ccccc5c4)nn3)CC2)cc1C. The fourth-order valence-corrected chi connectivity index (χ4v) is 4.19. The minimum Gasteiger partial charge on any atom is -0.352 e. The van der Waals surface area contributed by atoms with Crippen LogP contribution in [-0.2, 0) is 0 Å². The molecule has 1 saturated heterocycles. The first kappa shape index (κ1) is 20.2. The quantitative estimate of drug-likeness (QED) is 0.472. The number of carbonyl (C=O) groups excluding carboxylic acids is 1. The van der Waals surface area contributed by atoms with Gasteiger partial charge < -0.3 is 9.80 Å². The van der Waals surface area contributed by atoms with Gasteiger partial charge in [-0.1, -0.05) is 42.5 Å². The summed E-state index contributed by atoms with van der Waals surface area (Å²) >= 11 is 0. The lowest BCUT2D eigenvalue weighted by Crippen LogP contribution is -2.49. The number of rotatable bonds is 3. The van der Waals surface area contributed by atoms with Crippen LogP contribution < -0.4 is 4.90 Å². The zero-order valence-corrected chi connectivity index (χ0v) is 18.5. The van der Waals surface area contributed by atoms with Crippen LogP contribution in [0.5, 0.6) is 0 Å². The Morgan fingerprint density at radius 1 is 0.750 bits per heavy atom. The topological polar surface area (TPSA) is 49.3 Å². The third-order valence-corrected chi connectivity index (χ3v) is 6.34. The van der Waals surface area contributed by atoms with E-state index >= 15 is 0 Å². The molecule has 0 saturated carbocycles. The number of hydrogen-bond acceptors (Lipinski definition) is 4. The van der Waals surface area contributed by atoms with E-state index in [1.807, 2.05) is 54.3 Å². The molecule has 0 radical (unpaired) electrons. The summed E-state index contributed by atoms with van der Waals surface area (Å²) in [5.41, 5.74) is 5.05. The Morgan fingerprint density at radius 2 is 1.53 bits per heavy atom. The fraction of sp³-hybridized carbons (Fsp3) is 0.222. The fourth-order valence-electron chi connectivity index (χ4n) is 4.19. The third-order valence-electron chi connectivity index (χ3n) is 6.34. The Kier molecular flexibility index (Phi) is 5.31. The highest BCUT2D eigenvalue weighted by Gasteiger charge is 2.23. The summed E-state index contributed by atoms with van der Waals surface area (Å²) in [4.78, 5) is 17.0. The van der Waals surface area contributed by atoms with Gasteiger partial charge in [-0.25, -0.2) is 0 Å². The molecule has 1 aromatic heterocycles. The maximum absolute atomic E-state index is 12.9. The zero-order valence-electron chi connectivity index (χ0n) is 18.5. The lowest BCUT2D eigenvalue weighted by Gasteiger charge is -2.35. The van der Waals surface area contributed by atoms with Crippen LogP contribution in [0, 0.1) is 13.8 Å². The first-order valence-electron chi connectivity index (χ1n) is 11.0. The van der Waals surface area contributed by atoms with E-state index in [1.54, 1.807) is 0 Å². The Balaban J connectivity index is 1.25. The smallest absolute Gasteiger partial charge is 0.253 e. The van der Waals surface area contributed by atoms with Crippen molar-refractivity contribution in [1.82, 2.24) is 15.1 Å². The van der Waals surface area contributed by atoms with Crippen molar-refractivity contribution in [2.24, 2.45) is 0 Å². The number of fused-ring (bicyclic) bond motifs is 1. The number of aromatic nitrogens is 2. The molecule has 5 nitrogen and oxygen atoms in total. The molecule has 1 aliphatic rings. The van der Waals surface area contributed by atoms with E-state index in [0.29, 0.717) is 13.1 Å². The molecule has 0 unspecified atom stereocenters. The molecule has 4 aromatic rings. The number of nitrogens with zero attached hydrogens (tertiary/aromatic N) is 4. The van der Waals surface area contributed by atoms with E-state index in [1.165, 1.54) is 16.3 Å². The first-order chi connectivity index (χ1) is 15.6. The number of hydrogen-bond donors (Lipinski definition) is 0. The number of anilines is 1. The molecule has 1 fully saturated rings. The summed E-state index contributed by atoms with van der Waals surface area (Å²) < 4.78 is 0. The number of piperazine rings is 1. The highest BCUT2D eigenvalue weighted by molar-refractivity contribution is 5.94. The largest absolute Gasteiger partial charge is 0.352 e. The molecule has 160 valence electrons. The van der Waals surface area contributed by atoms with Gasteiger partial charge >= 0.3 is 0 Å². The van der Waals surface area contributed by atoms with Gasteiger partial charge in [-0.05, 0) is 66.1 Å². The molecule has 1 aliphatic heterocycles. The first-order valence-corrected chi connectivity index (χ1v) is 11.0. The second kappa shape index (κ2) is 8.42. The molecule has 3 aromatic carbocycles. The van der Waals surface area contributed by atoms with Gasteiger partial charge in [0.25, 0.3) is 5.91 Å². The van der Waals surface area contributed by atoms with E-state index in [0.717, 1.165) is 41.3 Å². The van der Waals surface area contributed by atoms with Crippen LogP contribution in [0.3, 0.4) is 0 Å². The second-order valence-electron chi connectivity index (χ2n) is 8.42. The van der Waals surface area contributed by atoms with Crippen LogP contribution >= 0.6 is 0 Å². The molecule has 32 heavy (non-hydrogen) atoms. The van der Waals surface area contributed by atoms with E-state index in [-0.39, 0.29) is 5.91 Å². The maximum atomic E-state index is 12.9. The van der Waals surface area contributed by atoms with Crippen molar-refractivity contribution in [3.8, 4) is 11.3 Å². The van der Waals surface area contributed by atoms with Crippen LogP contribution in [0.4, 0.5) is 5.82 Å². The van der Waals surface area contributed by atoms with Crippen LogP contribution in [0.2, 0.25) is 0 Å². The van der Waals surface area contributed by atoms with Gasteiger partial charge in [0.05, 0.1) is 5.69 Å². The van der Waals surface area contributed by atoms with E-state index < -0.39 is 0 Å². The lowest BCUT2D eigenvalue weighted by atomic mass is 10.0. The molecule has 5 rings (SSSR count). The van der Waals surface area contributed by atoms with Crippen molar-refractivity contribution >= 4 is 22.5 Å². The van der Waals surface area contributed by atoms with Crippen LogP contribution in [-0.4, -0.2) is 47.2 Å². The molecule has 0 atom stereocenters. The van der Waals surface area contributed by atoms with Crippen LogP contribution in [0.1, 0.15) is 21.5 Å². The molecule has 0 N–H and O–H groups in total. The van der Waals surface area contributed by atoms with E-state index in [9.17, 15) is 4.79 Å². The van der Waals surface area contributed by atoms with Crippen molar-refractivity contribution in [3.05, 3.63) is 89.5 Å². The van der Waals surface area contributed by atoms with Crippen molar-refractivity contribution in [2.45, 2.75) is 13.8 Å². The molecule has 0 bridgehead atoms. The van der Waals surface area contributed by atoms with Gasteiger partial charge in [0, 0.05) is 37.3 Å². The summed E-state index contributed by atoms with van der Waals surface area (Å²) in [5, 5.41) is 11.4. The zero-order chi connectivity index (χ0) is 22.1. The molecular weight excluding hydrogens is 396 g/mol. The Labute approximate surface area is 188 Å². The average Bonchev–Trinajstić information content (AvgIpc) is 2.85. The lowest BCUT2D eigenvalue weighted by molar-refractivity contribution is 0.0746. The van der Waals surface area contributed by atoms with Crippen LogP contribution in [0.25, 0.3) is 22.0 Å². The maximum Gasteiger partial charge on any atom is 0.253 e. The summed E-state index contributed by atoms with van der Waals surface area (Å²) in [6.07, 6.45) is 0. The van der Waals surface area contributed by atoms with Gasteiger partial charge in [0.2, 0.25) is 0 Å². The van der Waals surface area contributed by atoms with Gasteiger partial charge in [0.15, 0.2) is 5.82 Å². The standard InChI is InChI=1S/C27H26N4O/c1-19-7-8-24(17-20(19)2)27(32)31-15-13-30(14-16-31)26-12-11-25(28-29-26)23-10-9-21-5-3-4-6-22(21)18-23/h3-12,17-18H,13-16H2,1-2H3. The summed E-state index contributed by atoms with van der Waals surface area (Å²) in [7, 11) is 0. The van der Waals surface area contributed by atoms with Crippen LogP contribution in [0.15, 0.2) is 72.8 Å². The molecule has 0 spiro atoms. The highest BCUT2D eigenvalue weighted by Crippen LogP contribution is 2.24. The normalized spacial score (nSPS) is 14.1. The molecule has 5 heteroatoms. The average molecular weight is 423 g/mol. The predicted octanol–water partition coefficient (Wildman–Crippen LogP) is 4.88.